The van der Waals surface area contributed by atoms with Crippen molar-refractivity contribution in [3.63, 3.8) is 0 Å². The summed E-state index contributed by atoms with van der Waals surface area (Å²) in [6.45, 7) is 6.22. The first kappa shape index (κ1) is 12.9. The van der Waals surface area contributed by atoms with Crippen LogP contribution in [-0.4, -0.2) is 38.0 Å². The zero-order valence-corrected chi connectivity index (χ0v) is 11.6. The van der Waals surface area contributed by atoms with Gasteiger partial charge in [-0.05, 0) is 37.6 Å². The van der Waals surface area contributed by atoms with E-state index in [0.717, 1.165) is 44.5 Å². The smallest absolute Gasteiger partial charge is 0.0951 e. The third-order valence-corrected chi connectivity index (χ3v) is 5.27. The van der Waals surface area contributed by atoms with Gasteiger partial charge in [0.05, 0.1) is 12.2 Å². The van der Waals surface area contributed by atoms with Crippen molar-refractivity contribution in [1.82, 2.24) is 5.32 Å². The first-order valence-corrected chi connectivity index (χ1v) is 7.72. The Morgan fingerprint density at radius 2 is 2.17 bits per heavy atom. The molecule has 0 bridgehead atoms. The minimum absolute atomic E-state index is 0.0528. The van der Waals surface area contributed by atoms with Gasteiger partial charge >= 0.3 is 0 Å². The normalized spacial score (nSPS) is 44.8. The summed E-state index contributed by atoms with van der Waals surface area (Å²) in [6, 6.07) is 0.647. The zero-order chi connectivity index (χ0) is 12.4. The monoisotopic (exact) mass is 253 g/mol. The van der Waals surface area contributed by atoms with E-state index < -0.39 is 0 Å². The molecule has 0 amide bonds. The van der Waals surface area contributed by atoms with Crippen molar-refractivity contribution in [2.45, 2.75) is 57.1 Å². The van der Waals surface area contributed by atoms with Gasteiger partial charge in [0, 0.05) is 25.7 Å². The fourth-order valence-electron chi connectivity index (χ4n) is 3.91. The van der Waals surface area contributed by atoms with E-state index in [9.17, 15) is 0 Å². The number of ether oxygens (including phenoxy) is 2. The summed E-state index contributed by atoms with van der Waals surface area (Å²) in [4.78, 5) is 0. The minimum Gasteiger partial charge on any atom is -0.378 e. The Bertz CT molecular complexity index is 276. The topological polar surface area (TPSA) is 30.5 Å². The summed E-state index contributed by atoms with van der Waals surface area (Å²) in [5.74, 6) is 1.82. The molecular weight excluding hydrogens is 226 g/mol. The summed E-state index contributed by atoms with van der Waals surface area (Å²) in [6.07, 6.45) is 7.69. The summed E-state index contributed by atoms with van der Waals surface area (Å²) in [5, 5.41) is 3.81. The van der Waals surface area contributed by atoms with Gasteiger partial charge < -0.3 is 14.8 Å². The third kappa shape index (κ3) is 2.73. The number of hydrogen-bond donors (Lipinski definition) is 1. The molecule has 2 aliphatic heterocycles. The molecule has 3 heteroatoms. The molecule has 0 aromatic heterocycles. The SMILES string of the molecule is CC1CCCC1CNC1CCOC2(CCOC2)C1. The van der Waals surface area contributed by atoms with Gasteiger partial charge in [-0.3, -0.25) is 0 Å². The first-order valence-electron chi connectivity index (χ1n) is 7.72. The van der Waals surface area contributed by atoms with E-state index in [2.05, 4.69) is 12.2 Å². The molecule has 2 saturated heterocycles. The van der Waals surface area contributed by atoms with Crippen LogP contribution in [0.3, 0.4) is 0 Å². The van der Waals surface area contributed by atoms with E-state index in [-0.39, 0.29) is 5.60 Å². The molecule has 104 valence electrons. The second-order valence-electron chi connectivity index (χ2n) is 6.60. The van der Waals surface area contributed by atoms with Crippen molar-refractivity contribution in [3.8, 4) is 0 Å². The van der Waals surface area contributed by atoms with Gasteiger partial charge in [-0.2, -0.15) is 0 Å². The average molecular weight is 253 g/mol. The van der Waals surface area contributed by atoms with Gasteiger partial charge in [0.15, 0.2) is 0 Å². The highest BCUT2D eigenvalue weighted by atomic mass is 16.6. The molecule has 0 aromatic rings. The lowest BCUT2D eigenvalue weighted by Crippen LogP contribution is -2.48. The van der Waals surface area contributed by atoms with Gasteiger partial charge in [0.2, 0.25) is 0 Å². The Kier molecular flexibility index (Phi) is 3.92. The highest BCUT2D eigenvalue weighted by Crippen LogP contribution is 2.34. The van der Waals surface area contributed by atoms with Crippen LogP contribution in [0.15, 0.2) is 0 Å². The molecule has 3 rings (SSSR count). The number of nitrogens with one attached hydrogen (secondary N) is 1. The lowest BCUT2D eigenvalue weighted by Gasteiger charge is -2.38. The highest BCUT2D eigenvalue weighted by molar-refractivity contribution is 4.93. The minimum atomic E-state index is 0.0528. The second kappa shape index (κ2) is 5.48. The van der Waals surface area contributed by atoms with Crippen molar-refractivity contribution in [2.24, 2.45) is 11.8 Å². The molecule has 0 radical (unpaired) electrons. The molecule has 3 nitrogen and oxygen atoms in total. The van der Waals surface area contributed by atoms with E-state index in [1.165, 1.54) is 32.2 Å². The van der Waals surface area contributed by atoms with E-state index in [0.29, 0.717) is 6.04 Å². The van der Waals surface area contributed by atoms with Crippen LogP contribution in [0.5, 0.6) is 0 Å². The maximum atomic E-state index is 5.98. The lowest BCUT2D eigenvalue weighted by molar-refractivity contribution is -0.0896. The summed E-state index contributed by atoms with van der Waals surface area (Å²) < 4.78 is 11.5. The molecular formula is C15H27NO2. The van der Waals surface area contributed by atoms with Crippen LogP contribution in [0.4, 0.5) is 0 Å². The van der Waals surface area contributed by atoms with Crippen LogP contribution in [0.2, 0.25) is 0 Å². The van der Waals surface area contributed by atoms with Crippen LogP contribution in [0.1, 0.15) is 45.4 Å². The standard InChI is InChI=1S/C15H27NO2/c1-12-3-2-4-13(12)10-16-14-5-7-18-15(9-14)6-8-17-11-15/h12-14,16H,2-11H2,1H3. The third-order valence-electron chi connectivity index (χ3n) is 5.27. The first-order chi connectivity index (χ1) is 8.77. The molecule has 1 saturated carbocycles. The van der Waals surface area contributed by atoms with Gasteiger partial charge in [0.1, 0.15) is 0 Å². The van der Waals surface area contributed by atoms with Crippen LogP contribution in [0, 0.1) is 11.8 Å². The van der Waals surface area contributed by atoms with Gasteiger partial charge in [-0.25, -0.2) is 0 Å². The van der Waals surface area contributed by atoms with Crippen LogP contribution < -0.4 is 5.32 Å². The Hall–Kier alpha value is -0.120. The maximum Gasteiger partial charge on any atom is 0.0951 e. The molecule has 1 aliphatic carbocycles. The van der Waals surface area contributed by atoms with Crippen molar-refractivity contribution >= 4 is 0 Å². The predicted molar refractivity (Wildman–Crippen MR) is 71.6 cm³/mol. The largest absolute Gasteiger partial charge is 0.378 e. The van der Waals surface area contributed by atoms with E-state index >= 15 is 0 Å². The van der Waals surface area contributed by atoms with Crippen LogP contribution >= 0.6 is 0 Å². The zero-order valence-electron chi connectivity index (χ0n) is 11.6. The number of rotatable bonds is 3. The van der Waals surface area contributed by atoms with E-state index in [1.54, 1.807) is 0 Å². The van der Waals surface area contributed by atoms with E-state index in [4.69, 9.17) is 9.47 Å². The molecule has 3 aliphatic rings. The van der Waals surface area contributed by atoms with E-state index in [1.807, 2.05) is 0 Å². The van der Waals surface area contributed by atoms with Gasteiger partial charge in [0.25, 0.3) is 0 Å². The molecule has 3 fully saturated rings. The summed E-state index contributed by atoms with van der Waals surface area (Å²) in [5.41, 5.74) is 0.0528. The Balaban J connectivity index is 1.47. The second-order valence-corrected chi connectivity index (χ2v) is 6.60. The molecule has 2 heterocycles. The van der Waals surface area contributed by atoms with Crippen molar-refractivity contribution < 1.29 is 9.47 Å². The van der Waals surface area contributed by atoms with Crippen molar-refractivity contribution in [2.75, 3.05) is 26.4 Å². The predicted octanol–water partition coefficient (Wildman–Crippen LogP) is 2.35. The van der Waals surface area contributed by atoms with Gasteiger partial charge in [-0.15, -0.1) is 0 Å². The molecule has 0 aromatic carbocycles. The van der Waals surface area contributed by atoms with Crippen LogP contribution in [-0.2, 0) is 9.47 Å². The molecule has 4 atom stereocenters. The molecule has 18 heavy (non-hydrogen) atoms. The van der Waals surface area contributed by atoms with Crippen molar-refractivity contribution in [1.29, 1.82) is 0 Å². The van der Waals surface area contributed by atoms with Crippen LogP contribution in [0.25, 0.3) is 0 Å². The Morgan fingerprint density at radius 3 is 2.89 bits per heavy atom. The summed E-state index contributed by atoms with van der Waals surface area (Å²) in [7, 11) is 0. The fourth-order valence-corrected chi connectivity index (χ4v) is 3.91. The molecule has 1 N–H and O–H groups in total. The Labute approximate surface area is 111 Å². The maximum absolute atomic E-state index is 5.98. The fraction of sp³-hybridized carbons (Fsp3) is 1.00. The highest BCUT2D eigenvalue weighted by Gasteiger charge is 2.41. The van der Waals surface area contributed by atoms with Crippen molar-refractivity contribution in [3.05, 3.63) is 0 Å². The molecule has 1 spiro atoms. The average Bonchev–Trinajstić information content (AvgIpc) is 2.97. The number of hydrogen-bond acceptors (Lipinski definition) is 3. The van der Waals surface area contributed by atoms with Gasteiger partial charge in [-0.1, -0.05) is 19.8 Å². The quantitative estimate of drug-likeness (QED) is 0.837. The lowest BCUT2D eigenvalue weighted by atomic mass is 9.89. The molecule has 4 unspecified atom stereocenters. The Morgan fingerprint density at radius 1 is 1.22 bits per heavy atom. The summed E-state index contributed by atoms with van der Waals surface area (Å²) >= 11 is 0.